The highest BCUT2D eigenvalue weighted by Crippen LogP contribution is 2.29. The summed E-state index contributed by atoms with van der Waals surface area (Å²) in [5.41, 5.74) is 5.02. The Bertz CT molecular complexity index is 1190. The zero-order valence-electron chi connectivity index (χ0n) is 18.9. The van der Waals surface area contributed by atoms with Crippen LogP contribution in [0.4, 0.5) is 0 Å². The third kappa shape index (κ3) is 5.40. The van der Waals surface area contributed by atoms with Crippen molar-refractivity contribution in [1.82, 2.24) is 4.98 Å². The number of benzene rings is 2. The number of rotatable bonds is 5. The van der Waals surface area contributed by atoms with E-state index in [-0.39, 0.29) is 5.70 Å². The Morgan fingerprint density at radius 3 is 2.50 bits per heavy atom. The van der Waals surface area contributed by atoms with E-state index >= 15 is 0 Å². The summed E-state index contributed by atoms with van der Waals surface area (Å²) in [5.74, 6) is 1.14. The Morgan fingerprint density at radius 1 is 1.12 bits per heavy atom. The SMILES string of the molecule is CCCc1c[nH]c2c(Br)cc(C)cc12.COc1ccc(/C=C2\N=C(C)OC2=O)cc1OC. The highest BCUT2D eigenvalue weighted by molar-refractivity contribution is 9.10. The van der Waals surface area contributed by atoms with Gasteiger partial charge < -0.3 is 19.2 Å². The fourth-order valence-electron chi connectivity index (χ4n) is 3.47. The minimum Gasteiger partial charge on any atom is -0.493 e. The number of ether oxygens (including phenoxy) is 3. The number of aliphatic imine (C=N–C) groups is 1. The number of carbonyl (C=O) groups is 1. The van der Waals surface area contributed by atoms with Gasteiger partial charge in [0.15, 0.2) is 23.1 Å². The van der Waals surface area contributed by atoms with Crippen LogP contribution in [0, 0.1) is 6.92 Å². The Morgan fingerprint density at radius 2 is 1.88 bits per heavy atom. The topological polar surface area (TPSA) is 72.9 Å². The van der Waals surface area contributed by atoms with Crippen LogP contribution < -0.4 is 9.47 Å². The third-order valence-electron chi connectivity index (χ3n) is 4.93. The van der Waals surface area contributed by atoms with Crippen LogP contribution in [-0.4, -0.2) is 31.1 Å². The number of aromatic nitrogens is 1. The Hall–Kier alpha value is -3.06. The first-order chi connectivity index (χ1) is 15.4. The first-order valence-corrected chi connectivity index (χ1v) is 11.1. The molecule has 1 aliphatic heterocycles. The number of nitrogens with zero attached hydrogens (tertiary/aromatic N) is 1. The second kappa shape index (κ2) is 10.5. The normalized spacial score (nSPS) is 14.1. The fraction of sp³-hybridized carbons (Fsp3) is 0.280. The van der Waals surface area contributed by atoms with E-state index in [9.17, 15) is 4.79 Å². The van der Waals surface area contributed by atoms with Gasteiger partial charge in [0.2, 0.25) is 0 Å². The second-order valence-electron chi connectivity index (χ2n) is 7.40. The quantitative estimate of drug-likeness (QED) is 0.335. The predicted molar refractivity (Wildman–Crippen MR) is 131 cm³/mol. The minimum absolute atomic E-state index is 0.278. The van der Waals surface area contributed by atoms with Crippen molar-refractivity contribution < 1.29 is 19.0 Å². The van der Waals surface area contributed by atoms with Crippen molar-refractivity contribution in [3.63, 3.8) is 0 Å². The van der Waals surface area contributed by atoms with Gasteiger partial charge in [0.05, 0.1) is 19.7 Å². The minimum atomic E-state index is -0.442. The average molecular weight is 499 g/mol. The average Bonchev–Trinajstić information content (AvgIpc) is 3.31. The molecule has 0 bridgehead atoms. The number of halogens is 1. The summed E-state index contributed by atoms with van der Waals surface area (Å²) in [6.45, 7) is 5.98. The van der Waals surface area contributed by atoms with Crippen LogP contribution in [0.5, 0.6) is 11.5 Å². The lowest BCUT2D eigenvalue weighted by molar-refractivity contribution is -0.130. The molecule has 2 heterocycles. The fourth-order valence-corrected chi connectivity index (χ4v) is 4.16. The van der Waals surface area contributed by atoms with Gasteiger partial charge in [-0.25, -0.2) is 9.79 Å². The smallest absolute Gasteiger partial charge is 0.363 e. The van der Waals surface area contributed by atoms with Crippen molar-refractivity contribution >= 4 is 44.8 Å². The van der Waals surface area contributed by atoms with Crippen molar-refractivity contribution in [3.05, 3.63) is 63.4 Å². The first-order valence-electron chi connectivity index (χ1n) is 10.3. The van der Waals surface area contributed by atoms with Gasteiger partial charge in [0, 0.05) is 23.0 Å². The number of carbonyl (C=O) groups excluding carboxylic acids is 1. The molecule has 0 aliphatic carbocycles. The van der Waals surface area contributed by atoms with Crippen LogP contribution in [0.3, 0.4) is 0 Å². The third-order valence-corrected chi connectivity index (χ3v) is 5.55. The maximum absolute atomic E-state index is 11.4. The van der Waals surface area contributed by atoms with Crippen molar-refractivity contribution in [2.75, 3.05) is 14.2 Å². The monoisotopic (exact) mass is 498 g/mol. The summed E-state index contributed by atoms with van der Waals surface area (Å²) < 4.78 is 16.3. The van der Waals surface area contributed by atoms with E-state index in [1.54, 1.807) is 39.4 Å². The van der Waals surface area contributed by atoms with E-state index < -0.39 is 5.97 Å². The number of esters is 1. The van der Waals surface area contributed by atoms with E-state index in [1.807, 2.05) is 6.07 Å². The van der Waals surface area contributed by atoms with Crippen LogP contribution in [0.2, 0.25) is 0 Å². The van der Waals surface area contributed by atoms with Gasteiger partial charge in [-0.05, 0) is 76.3 Å². The van der Waals surface area contributed by atoms with Gasteiger partial charge in [-0.1, -0.05) is 19.4 Å². The Labute approximate surface area is 196 Å². The molecule has 0 fully saturated rings. The standard InChI is InChI=1S/C13H13NO4.C12H14BrN/c1-8-14-10(13(15)18-8)6-9-4-5-11(16-2)12(7-9)17-3;1-3-4-9-7-14-12-10(9)5-8(2)6-11(12)13/h4-7H,1-3H3;5-7,14H,3-4H2,1-2H3/b10-6-;. The highest BCUT2D eigenvalue weighted by atomic mass is 79.9. The van der Waals surface area contributed by atoms with Crippen molar-refractivity contribution in [2.24, 2.45) is 4.99 Å². The highest BCUT2D eigenvalue weighted by Gasteiger charge is 2.19. The molecule has 0 atom stereocenters. The predicted octanol–water partition coefficient (Wildman–Crippen LogP) is 6.21. The molecule has 1 N–H and O–H groups in total. The summed E-state index contributed by atoms with van der Waals surface area (Å²) >= 11 is 3.58. The van der Waals surface area contributed by atoms with Crippen molar-refractivity contribution in [2.45, 2.75) is 33.6 Å². The number of fused-ring (bicyclic) bond motifs is 1. The van der Waals surface area contributed by atoms with Crippen LogP contribution in [0.25, 0.3) is 17.0 Å². The molecular weight excluding hydrogens is 472 g/mol. The molecule has 2 aromatic carbocycles. The summed E-state index contributed by atoms with van der Waals surface area (Å²) in [5, 5.41) is 1.36. The second-order valence-corrected chi connectivity index (χ2v) is 8.25. The van der Waals surface area contributed by atoms with Gasteiger partial charge in [0.25, 0.3) is 0 Å². The molecule has 0 amide bonds. The van der Waals surface area contributed by atoms with Gasteiger partial charge >= 0.3 is 5.97 Å². The Balaban J connectivity index is 0.000000186. The number of cyclic esters (lactones) is 1. The van der Waals surface area contributed by atoms with E-state index in [4.69, 9.17) is 14.2 Å². The molecule has 0 spiro atoms. The van der Waals surface area contributed by atoms with E-state index in [1.165, 1.54) is 28.5 Å². The molecule has 6 nitrogen and oxygen atoms in total. The summed E-state index contributed by atoms with van der Waals surface area (Å²) in [6.07, 6.45) is 6.10. The lowest BCUT2D eigenvalue weighted by atomic mass is 10.1. The maximum Gasteiger partial charge on any atom is 0.363 e. The molecule has 0 saturated heterocycles. The zero-order valence-corrected chi connectivity index (χ0v) is 20.5. The Kier molecular flexibility index (Phi) is 7.75. The molecule has 32 heavy (non-hydrogen) atoms. The zero-order chi connectivity index (χ0) is 23.3. The van der Waals surface area contributed by atoms with Crippen molar-refractivity contribution in [1.29, 1.82) is 0 Å². The van der Waals surface area contributed by atoms with Gasteiger partial charge in [-0.3, -0.25) is 0 Å². The number of aryl methyl sites for hydroxylation is 2. The van der Waals surface area contributed by atoms with Crippen LogP contribution in [0.15, 0.2) is 51.7 Å². The molecule has 0 saturated carbocycles. The molecule has 0 unspecified atom stereocenters. The molecular formula is C25H27BrN2O4. The van der Waals surface area contributed by atoms with Crippen LogP contribution >= 0.6 is 15.9 Å². The van der Waals surface area contributed by atoms with Gasteiger partial charge in [-0.2, -0.15) is 0 Å². The van der Waals surface area contributed by atoms with Crippen molar-refractivity contribution in [3.8, 4) is 11.5 Å². The number of hydrogen-bond acceptors (Lipinski definition) is 5. The number of hydrogen-bond donors (Lipinski definition) is 1. The molecule has 168 valence electrons. The number of H-pyrrole nitrogens is 1. The molecule has 3 aromatic rings. The maximum atomic E-state index is 11.4. The first kappa shape index (κ1) is 23.6. The lowest BCUT2D eigenvalue weighted by Gasteiger charge is -2.07. The van der Waals surface area contributed by atoms with E-state index in [2.05, 4.69) is 58.1 Å². The molecule has 4 rings (SSSR count). The summed E-state index contributed by atoms with van der Waals surface area (Å²) in [6, 6.07) is 9.74. The number of methoxy groups -OCH3 is 2. The summed E-state index contributed by atoms with van der Waals surface area (Å²) in [7, 11) is 3.12. The molecule has 0 radical (unpaired) electrons. The van der Waals surface area contributed by atoms with Crippen LogP contribution in [-0.2, 0) is 16.0 Å². The van der Waals surface area contributed by atoms with E-state index in [0.717, 1.165) is 16.5 Å². The molecule has 1 aromatic heterocycles. The number of nitrogens with one attached hydrogen (secondary N) is 1. The molecule has 1 aliphatic rings. The molecule has 7 heteroatoms. The lowest BCUT2D eigenvalue weighted by Crippen LogP contribution is -1.99. The van der Waals surface area contributed by atoms with Gasteiger partial charge in [0.1, 0.15) is 0 Å². The van der Waals surface area contributed by atoms with E-state index in [0.29, 0.717) is 17.4 Å². The summed E-state index contributed by atoms with van der Waals surface area (Å²) in [4.78, 5) is 18.7. The van der Waals surface area contributed by atoms with Crippen LogP contribution in [0.1, 0.15) is 37.0 Å². The number of aromatic amines is 1. The van der Waals surface area contributed by atoms with Gasteiger partial charge in [-0.15, -0.1) is 0 Å². The largest absolute Gasteiger partial charge is 0.493 e.